The number of imidazole rings is 1. The summed E-state index contributed by atoms with van der Waals surface area (Å²) in [4.78, 5) is 18.3. The molecule has 0 amide bonds. The first-order valence-electron chi connectivity index (χ1n) is 12.9. The van der Waals surface area contributed by atoms with E-state index in [4.69, 9.17) is 4.98 Å². The number of anilines is 2. The predicted molar refractivity (Wildman–Crippen MR) is 145 cm³/mol. The second-order valence-electron chi connectivity index (χ2n) is 9.63. The van der Waals surface area contributed by atoms with Crippen LogP contribution in [0.25, 0.3) is 16.9 Å². The Bertz CT molecular complexity index is 1360. The largest absolute Gasteiger partial charge is 0.390 e. The quantitative estimate of drug-likeness (QED) is 0.379. The summed E-state index contributed by atoms with van der Waals surface area (Å²) in [5.41, 5.74) is 6.04. The van der Waals surface area contributed by atoms with E-state index in [-0.39, 0.29) is 5.82 Å². The lowest BCUT2D eigenvalue weighted by atomic mass is 10.1. The topological polar surface area (TPSA) is 82.3 Å². The van der Waals surface area contributed by atoms with Crippen molar-refractivity contribution < 1.29 is 9.50 Å². The van der Waals surface area contributed by atoms with E-state index in [1.54, 1.807) is 12.1 Å². The molecule has 0 bridgehead atoms. The second-order valence-corrected chi connectivity index (χ2v) is 9.63. The van der Waals surface area contributed by atoms with Gasteiger partial charge >= 0.3 is 0 Å². The Hall–Kier alpha value is -3.56. The summed E-state index contributed by atoms with van der Waals surface area (Å²) < 4.78 is 15.4. The highest BCUT2D eigenvalue weighted by Crippen LogP contribution is 2.25. The molecule has 37 heavy (non-hydrogen) atoms. The van der Waals surface area contributed by atoms with Gasteiger partial charge in [0.1, 0.15) is 18.0 Å². The number of rotatable bonds is 8. The summed E-state index contributed by atoms with van der Waals surface area (Å²) in [6, 6.07) is 12.8. The van der Waals surface area contributed by atoms with E-state index < -0.39 is 6.10 Å². The minimum absolute atomic E-state index is 0.288. The van der Waals surface area contributed by atoms with Gasteiger partial charge in [0.2, 0.25) is 0 Å². The van der Waals surface area contributed by atoms with Gasteiger partial charge in [0.15, 0.2) is 17.0 Å². The summed E-state index contributed by atoms with van der Waals surface area (Å²) in [6.45, 7) is 11.0. The highest BCUT2D eigenvalue weighted by Gasteiger charge is 2.22. The van der Waals surface area contributed by atoms with Crippen LogP contribution in [0.1, 0.15) is 23.9 Å². The molecule has 1 fully saturated rings. The van der Waals surface area contributed by atoms with E-state index in [1.807, 2.05) is 11.5 Å². The van der Waals surface area contributed by atoms with Crippen LogP contribution in [-0.4, -0.2) is 74.9 Å². The molecule has 0 spiro atoms. The van der Waals surface area contributed by atoms with Crippen LogP contribution in [0, 0.1) is 19.7 Å². The number of piperazine rings is 1. The number of aliphatic hydroxyl groups excluding tert-OH is 1. The Morgan fingerprint density at radius 2 is 1.78 bits per heavy atom. The van der Waals surface area contributed by atoms with Gasteiger partial charge < -0.3 is 15.3 Å². The number of aryl methyl sites for hydroxylation is 2. The summed E-state index contributed by atoms with van der Waals surface area (Å²) in [6.07, 6.45) is 1.62. The molecule has 0 aliphatic carbocycles. The van der Waals surface area contributed by atoms with Gasteiger partial charge in [-0.1, -0.05) is 19.1 Å². The molecule has 0 saturated carbocycles. The number of fused-ring (bicyclic) bond motifs is 1. The van der Waals surface area contributed by atoms with Gasteiger partial charge in [-0.15, -0.1) is 0 Å². The van der Waals surface area contributed by atoms with Gasteiger partial charge in [-0.2, -0.15) is 0 Å². The van der Waals surface area contributed by atoms with Crippen molar-refractivity contribution in [1.29, 1.82) is 0 Å². The molecule has 1 aliphatic rings. The van der Waals surface area contributed by atoms with Gasteiger partial charge in [-0.05, 0) is 55.3 Å². The zero-order valence-electron chi connectivity index (χ0n) is 21.7. The van der Waals surface area contributed by atoms with Crippen LogP contribution in [0.3, 0.4) is 0 Å². The first kappa shape index (κ1) is 25.1. The number of halogens is 1. The molecule has 2 N–H and O–H groups in total. The lowest BCUT2D eigenvalue weighted by Gasteiger charge is -2.37. The van der Waals surface area contributed by atoms with Crippen LogP contribution in [0.15, 0.2) is 48.8 Å². The normalized spacial score (nSPS) is 15.3. The number of β-amino-alcohol motifs (C(OH)–C–C–N with tert-alkyl or cyclic N) is 1. The van der Waals surface area contributed by atoms with Gasteiger partial charge in [0.25, 0.3) is 0 Å². The summed E-state index contributed by atoms with van der Waals surface area (Å²) in [5, 5.41) is 14.1. The molecule has 3 heterocycles. The van der Waals surface area contributed by atoms with Crippen LogP contribution in [0.4, 0.5) is 15.9 Å². The van der Waals surface area contributed by atoms with Gasteiger partial charge in [0, 0.05) is 57.1 Å². The second kappa shape index (κ2) is 10.8. The third-order valence-corrected chi connectivity index (χ3v) is 7.18. The van der Waals surface area contributed by atoms with E-state index in [1.165, 1.54) is 35.3 Å². The Labute approximate surface area is 216 Å². The lowest BCUT2D eigenvalue weighted by molar-refractivity contribution is 0.118. The number of nitrogens with one attached hydrogen (secondary N) is 1. The van der Waals surface area contributed by atoms with Crippen molar-refractivity contribution >= 4 is 22.7 Å². The van der Waals surface area contributed by atoms with Crippen molar-refractivity contribution in [1.82, 2.24) is 24.4 Å². The molecule has 1 aliphatic heterocycles. The number of hydrogen-bond acceptors (Lipinski definition) is 7. The predicted octanol–water partition coefficient (Wildman–Crippen LogP) is 3.73. The van der Waals surface area contributed by atoms with Crippen LogP contribution in [0.5, 0.6) is 0 Å². The Morgan fingerprint density at radius 1 is 1.03 bits per heavy atom. The first-order valence-corrected chi connectivity index (χ1v) is 12.9. The van der Waals surface area contributed by atoms with Gasteiger partial charge in [0.05, 0.1) is 6.10 Å². The average molecular weight is 504 g/mol. The lowest BCUT2D eigenvalue weighted by Crippen LogP contribution is -2.49. The molecular weight excluding hydrogens is 469 g/mol. The molecule has 1 atom stereocenters. The summed E-state index contributed by atoms with van der Waals surface area (Å²) in [7, 11) is 0. The first-order chi connectivity index (χ1) is 17.9. The number of benzene rings is 2. The Morgan fingerprint density at radius 3 is 2.51 bits per heavy atom. The van der Waals surface area contributed by atoms with Crippen LogP contribution in [-0.2, 0) is 6.42 Å². The molecular formula is C28H34FN7O. The maximum absolute atomic E-state index is 13.5. The third-order valence-electron chi connectivity index (χ3n) is 7.18. The third kappa shape index (κ3) is 5.28. The zero-order chi connectivity index (χ0) is 25.9. The molecule has 5 rings (SSSR count). The van der Waals surface area contributed by atoms with E-state index >= 15 is 0 Å². The SMILES string of the molecule is CCc1nc2c(NCC(O)CN3CCN(c4cccc(C)c4C)CC3)ncnc2n1-c1ccc(F)cc1. The number of hydrogen-bond donors (Lipinski definition) is 2. The van der Waals surface area contributed by atoms with E-state index in [0.29, 0.717) is 36.5 Å². The van der Waals surface area contributed by atoms with Crippen molar-refractivity contribution in [3.8, 4) is 5.69 Å². The summed E-state index contributed by atoms with van der Waals surface area (Å²) >= 11 is 0. The fourth-order valence-electron chi connectivity index (χ4n) is 4.99. The van der Waals surface area contributed by atoms with Crippen molar-refractivity contribution in [2.75, 3.05) is 49.5 Å². The van der Waals surface area contributed by atoms with Gasteiger partial charge in [-0.25, -0.2) is 19.3 Å². The maximum atomic E-state index is 13.5. The van der Waals surface area contributed by atoms with Gasteiger partial charge in [-0.3, -0.25) is 9.47 Å². The van der Waals surface area contributed by atoms with Crippen molar-refractivity contribution in [3.63, 3.8) is 0 Å². The van der Waals surface area contributed by atoms with Crippen molar-refractivity contribution in [2.45, 2.75) is 33.3 Å². The number of aliphatic hydroxyl groups is 1. The highest BCUT2D eigenvalue weighted by atomic mass is 19.1. The van der Waals surface area contributed by atoms with Crippen LogP contribution in [0.2, 0.25) is 0 Å². The monoisotopic (exact) mass is 503 g/mol. The molecule has 1 unspecified atom stereocenters. The smallest absolute Gasteiger partial charge is 0.170 e. The van der Waals surface area contributed by atoms with Crippen LogP contribution >= 0.6 is 0 Å². The van der Waals surface area contributed by atoms with E-state index in [0.717, 1.165) is 37.7 Å². The van der Waals surface area contributed by atoms with Crippen molar-refractivity contribution in [2.24, 2.45) is 0 Å². The minimum Gasteiger partial charge on any atom is -0.390 e. The average Bonchev–Trinajstić information content (AvgIpc) is 3.29. The maximum Gasteiger partial charge on any atom is 0.170 e. The molecule has 1 saturated heterocycles. The molecule has 2 aromatic heterocycles. The summed E-state index contributed by atoms with van der Waals surface area (Å²) in [5.74, 6) is 1.11. The Balaban J connectivity index is 1.22. The fraction of sp³-hybridized carbons (Fsp3) is 0.393. The minimum atomic E-state index is -0.554. The molecule has 194 valence electrons. The van der Waals surface area contributed by atoms with Crippen molar-refractivity contribution in [3.05, 3.63) is 71.6 Å². The number of nitrogens with zero attached hydrogens (tertiary/aromatic N) is 6. The van der Waals surface area contributed by atoms with E-state index in [9.17, 15) is 9.50 Å². The molecule has 0 radical (unpaired) electrons. The molecule has 2 aromatic carbocycles. The Kier molecular flexibility index (Phi) is 7.34. The molecule has 9 heteroatoms. The van der Waals surface area contributed by atoms with E-state index in [2.05, 4.69) is 57.1 Å². The fourth-order valence-corrected chi connectivity index (χ4v) is 4.99. The van der Waals surface area contributed by atoms with Crippen LogP contribution < -0.4 is 10.2 Å². The molecule has 4 aromatic rings. The zero-order valence-corrected chi connectivity index (χ0v) is 21.7. The highest BCUT2D eigenvalue weighted by molar-refractivity contribution is 5.84. The molecule has 8 nitrogen and oxygen atoms in total. The standard InChI is InChI=1S/C28H34FN7O/c1-4-25-33-26-27(31-18-32-28(26)36(25)22-10-8-21(29)9-11-22)30-16-23(37)17-34-12-14-35(15-13-34)24-7-5-6-19(2)20(24)3/h5-11,18,23,37H,4,12-17H2,1-3H3,(H,30,31,32). The number of aromatic nitrogens is 4.